The first-order chi connectivity index (χ1) is 26.1. The van der Waals surface area contributed by atoms with Crippen molar-refractivity contribution >= 4 is 44.6 Å². The summed E-state index contributed by atoms with van der Waals surface area (Å²) in [4.78, 5) is 61.4. The molecule has 0 bridgehead atoms. The number of hydrogen-bond donors (Lipinski definition) is 4. The van der Waals surface area contributed by atoms with E-state index < -0.39 is 85.9 Å². The molecule has 2 aliphatic carbocycles. The molecule has 2 aliphatic heterocycles. The van der Waals surface area contributed by atoms with Gasteiger partial charge in [0.05, 0.1) is 17.5 Å². The van der Waals surface area contributed by atoms with E-state index in [-0.39, 0.29) is 36.9 Å². The number of fused-ring (bicyclic) bond motifs is 3. The molecule has 4 amide bonds. The highest BCUT2D eigenvalue weighted by atomic mass is 32.2. The molecule has 1 aromatic heterocycles. The quantitative estimate of drug-likeness (QED) is 0.287. The maximum Gasteiger partial charge on any atom is 0.427 e. The molecule has 1 aromatic carbocycles. The number of pyridine rings is 1. The van der Waals surface area contributed by atoms with Crippen LogP contribution in [0.4, 0.5) is 18.0 Å². The second kappa shape index (κ2) is 14.7. The van der Waals surface area contributed by atoms with Crippen molar-refractivity contribution in [3.63, 3.8) is 0 Å². The molecule has 7 atom stereocenters. The molecule has 56 heavy (non-hydrogen) atoms. The topological polar surface area (TPSA) is 193 Å². The predicted molar refractivity (Wildman–Crippen MR) is 196 cm³/mol. The molecule has 1 saturated heterocycles. The largest absolute Gasteiger partial charge is 0.506 e. The summed E-state index contributed by atoms with van der Waals surface area (Å²) in [5.41, 5.74) is -4.55. The predicted octanol–water partition coefficient (Wildman–Crippen LogP) is 4.61. The molecule has 4 aliphatic rings. The minimum atomic E-state index is -4.92. The van der Waals surface area contributed by atoms with Crippen molar-refractivity contribution in [2.75, 3.05) is 6.54 Å². The van der Waals surface area contributed by atoms with Crippen LogP contribution in [0.2, 0.25) is 0 Å². The number of amides is 4. The number of halogens is 3. The van der Waals surface area contributed by atoms with Gasteiger partial charge in [-0.2, -0.15) is 13.2 Å². The number of ether oxygens (including phenoxy) is 2. The van der Waals surface area contributed by atoms with Crippen molar-refractivity contribution in [3.05, 3.63) is 42.6 Å². The molecule has 14 nitrogen and oxygen atoms in total. The van der Waals surface area contributed by atoms with Gasteiger partial charge in [-0.25, -0.2) is 18.2 Å². The summed E-state index contributed by atoms with van der Waals surface area (Å²) in [5, 5.41) is 16.4. The lowest BCUT2D eigenvalue weighted by Gasteiger charge is -2.34. The number of allylic oxidation sites excluding steroid dienone is 1. The van der Waals surface area contributed by atoms with Crippen LogP contribution in [0.25, 0.3) is 10.8 Å². The van der Waals surface area contributed by atoms with Crippen molar-refractivity contribution in [1.82, 2.24) is 25.2 Å². The standard InChI is InChI=1S/C38H48F3N5O9S/c1-21-10-6-7-11-23-18-37(23,33(50)45-56(52,53)36(5)14-15-36)44-30(48)27-17-24(54-31-26-13-9-8-12-25(26)28(47)19-42-31)20-46(27)32(49)29(22(2)16-21)43-34(51)55-35(3,4)38(39,40)41/h7-9,11-13,19,21-24,27,29,47H,6,10,14-18,20H2,1-5H3,(H,43,51)(H,44,48)(H,45,50)/b11-7-/t21-,22-,23-,24-,27+,29+,37-/m1/s1. The maximum atomic E-state index is 14.7. The molecule has 6 rings (SSSR count). The Balaban J connectivity index is 1.35. The van der Waals surface area contributed by atoms with E-state index in [0.29, 0.717) is 56.7 Å². The Kier molecular flexibility index (Phi) is 10.8. The number of aromatic hydroxyl groups is 1. The normalized spacial score (nSPS) is 30.1. The fraction of sp³-hybridized carbons (Fsp3) is 0.605. The van der Waals surface area contributed by atoms with Crippen molar-refractivity contribution in [2.24, 2.45) is 17.8 Å². The number of nitrogens with one attached hydrogen (secondary N) is 3. The minimum absolute atomic E-state index is 0.0460. The Morgan fingerprint density at radius 1 is 1.09 bits per heavy atom. The maximum absolute atomic E-state index is 14.7. The first-order valence-corrected chi connectivity index (χ1v) is 20.2. The van der Waals surface area contributed by atoms with Gasteiger partial charge in [0.25, 0.3) is 5.91 Å². The number of hydrogen-bond acceptors (Lipinski definition) is 10. The van der Waals surface area contributed by atoms with Crippen molar-refractivity contribution < 1.29 is 55.3 Å². The highest BCUT2D eigenvalue weighted by Gasteiger charge is 2.63. The summed E-state index contributed by atoms with van der Waals surface area (Å²) in [6.45, 7) is 6.24. The van der Waals surface area contributed by atoms with Crippen molar-refractivity contribution in [1.29, 1.82) is 0 Å². The smallest absolute Gasteiger partial charge is 0.427 e. The van der Waals surface area contributed by atoms with Crippen LogP contribution < -0.4 is 20.1 Å². The molecular weight excluding hydrogens is 760 g/mol. The van der Waals surface area contributed by atoms with Gasteiger partial charge in [-0.15, -0.1) is 0 Å². The Morgan fingerprint density at radius 3 is 2.43 bits per heavy atom. The third-order valence-corrected chi connectivity index (χ3v) is 13.7. The summed E-state index contributed by atoms with van der Waals surface area (Å²) >= 11 is 0. The van der Waals surface area contributed by atoms with E-state index in [9.17, 15) is 45.9 Å². The number of carbonyl (C=O) groups excluding carboxylic acids is 4. The van der Waals surface area contributed by atoms with Crippen LogP contribution in [0, 0.1) is 17.8 Å². The van der Waals surface area contributed by atoms with Gasteiger partial charge in [-0.1, -0.05) is 44.2 Å². The highest BCUT2D eigenvalue weighted by Crippen LogP contribution is 2.48. The molecule has 0 radical (unpaired) electrons. The average Bonchev–Trinajstić information content (AvgIpc) is 3.99. The van der Waals surface area contributed by atoms with E-state index in [1.54, 1.807) is 37.3 Å². The number of alkyl carbamates (subject to hydrolysis) is 1. The van der Waals surface area contributed by atoms with Crippen LogP contribution in [-0.4, -0.2) is 94.0 Å². The highest BCUT2D eigenvalue weighted by molar-refractivity contribution is 7.91. The van der Waals surface area contributed by atoms with E-state index in [1.807, 2.05) is 13.0 Å². The summed E-state index contributed by atoms with van der Waals surface area (Å²) in [6.07, 6.45) is -0.311. The van der Waals surface area contributed by atoms with E-state index in [4.69, 9.17) is 9.47 Å². The lowest BCUT2D eigenvalue weighted by molar-refractivity contribution is -0.244. The van der Waals surface area contributed by atoms with Crippen LogP contribution >= 0.6 is 0 Å². The van der Waals surface area contributed by atoms with Gasteiger partial charge < -0.3 is 30.1 Å². The number of rotatable bonds is 7. The van der Waals surface area contributed by atoms with Crippen LogP contribution in [-0.2, 0) is 29.1 Å². The zero-order chi connectivity index (χ0) is 41.0. The zero-order valence-electron chi connectivity index (χ0n) is 31.8. The fourth-order valence-electron chi connectivity index (χ4n) is 7.45. The van der Waals surface area contributed by atoms with E-state index in [0.717, 1.165) is 4.90 Å². The summed E-state index contributed by atoms with van der Waals surface area (Å²) in [5.74, 6) is -3.77. The zero-order valence-corrected chi connectivity index (χ0v) is 32.6. The molecule has 4 N–H and O–H groups in total. The molecule has 3 heterocycles. The second-order valence-corrected chi connectivity index (χ2v) is 18.7. The third kappa shape index (κ3) is 8.11. The van der Waals surface area contributed by atoms with E-state index in [1.165, 1.54) is 13.1 Å². The Hall–Kier alpha value is -4.61. The number of nitrogens with zero attached hydrogens (tertiary/aromatic N) is 2. The van der Waals surface area contributed by atoms with Gasteiger partial charge in [-0.05, 0) is 77.2 Å². The van der Waals surface area contributed by atoms with E-state index in [2.05, 4.69) is 20.3 Å². The van der Waals surface area contributed by atoms with Crippen LogP contribution in [0.1, 0.15) is 79.6 Å². The molecule has 18 heteroatoms. The number of benzene rings is 1. The molecule has 3 fully saturated rings. The summed E-state index contributed by atoms with van der Waals surface area (Å²) in [6, 6.07) is 3.94. The van der Waals surface area contributed by atoms with Crippen LogP contribution in [0.3, 0.4) is 0 Å². The summed E-state index contributed by atoms with van der Waals surface area (Å²) in [7, 11) is -4.08. The van der Waals surface area contributed by atoms with Crippen LogP contribution in [0.5, 0.6) is 11.6 Å². The molecule has 306 valence electrons. The monoisotopic (exact) mass is 807 g/mol. The van der Waals surface area contributed by atoms with Crippen molar-refractivity contribution in [3.8, 4) is 11.6 Å². The van der Waals surface area contributed by atoms with Gasteiger partial charge in [0.2, 0.25) is 33.3 Å². The van der Waals surface area contributed by atoms with Gasteiger partial charge >= 0.3 is 12.3 Å². The Labute approximate surface area is 323 Å². The van der Waals surface area contributed by atoms with Gasteiger partial charge in [0.1, 0.15) is 29.5 Å². The SMILES string of the molecule is C[C@@H]1CC/C=C\[C@@H]2C[C@@]2(C(=O)NS(=O)(=O)C2(C)CC2)NC(=O)[C@@H]2C[C@@H](Oc3ncc(O)c4ccccc34)CN2C(=O)[C@@H](NC(=O)OC(C)(C)C(F)(F)F)[C@H](C)C1. The summed E-state index contributed by atoms with van der Waals surface area (Å²) < 4.78 is 79.5. The molecule has 2 saturated carbocycles. The molecular formula is C38H48F3N5O9S. The number of sulfonamides is 1. The minimum Gasteiger partial charge on any atom is -0.506 e. The molecule has 2 aromatic rings. The van der Waals surface area contributed by atoms with Crippen molar-refractivity contribution in [2.45, 2.75) is 120 Å². The number of aromatic nitrogens is 1. The first-order valence-electron chi connectivity index (χ1n) is 18.7. The molecule has 0 unspecified atom stereocenters. The second-order valence-electron chi connectivity index (χ2n) is 16.5. The lowest BCUT2D eigenvalue weighted by Crippen LogP contribution is -2.59. The average molecular weight is 808 g/mol. The third-order valence-electron chi connectivity index (χ3n) is 11.6. The lowest BCUT2D eigenvalue weighted by atomic mass is 9.88. The Bertz CT molecular complexity index is 2040. The first kappa shape index (κ1) is 41.0. The Morgan fingerprint density at radius 2 is 1.77 bits per heavy atom. The number of alkyl halides is 3. The fourth-order valence-corrected chi connectivity index (χ4v) is 8.76. The van der Waals surface area contributed by atoms with Gasteiger partial charge in [0.15, 0.2) is 0 Å². The van der Waals surface area contributed by atoms with Gasteiger partial charge in [-0.3, -0.25) is 19.1 Å². The van der Waals surface area contributed by atoms with Gasteiger partial charge in [0, 0.05) is 23.1 Å². The van der Waals surface area contributed by atoms with Crippen LogP contribution in [0.15, 0.2) is 42.6 Å². The number of carbonyl (C=O) groups is 4. The van der Waals surface area contributed by atoms with E-state index >= 15 is 0 Å². The molecule has 0 spiro atoms.